The second-order valence-corrected chi connectivity index (χ2v) is 4.87. The number of piperazine rings is 1. The number of carbonyl (C=O) groups is 3. The number of benzene rings is 1. The Morgan fingerprint density at radius 2 is 2.05 bits per heavy atom. The minimum absolute atomic E-state index is 0.0277. The van der Waals surface area contributed by atoms with Crippen molar-refractivity contribution in [3.05, 3.63) is 23.8 Å². The summed E-state index contributed by atoms with van der Waals surface area (Å²) < 4.78 is 0. The number of imide groups is 1. The summed E-state index contributed by atoms with van der Waals surface area (Å²) in [6.45, 7) is 1.66. The lowest BCUT2D eigenvalue weighted by Crippen LogP contribution is -2.58. The number of phenols is 2. The van der Waals surface area contributed by atoms with Crippen LogP contribution in [0, 0.1) is 0 Å². The second-order valence-electron chi connectivity index (χ2n) is 4.87. The molecule has 1 aliphatic rings. The Morgan fingerprint density at radius 3 is 2.67 bits per heavy atom. The smallest absolute Gasteiger partial charge is 0.243 e. The predicted octanol–water partition coefficient (Wildman–Crippen LogP) is 0.0175. The molecule has 2 rings (SSSR count). The number of nitrogens with zero attached hydrogens (tertiary/aromatic N) is 1. The van der Waals surface area contributed by atoms with E-state index in [1.165, 1.54) is 17.0 Å². The molecule has 0 aromatic heterocycles. The van der Waals surface area contributed by atoms with E-state index in [9.17, 15) is 24.6 Å². The quantitative estimate of drug-likeness (QED) is 0.410. The van der Waals surface area contributed by atoms with Crippen LogP contribution in [0.3, 0.4) is 0 Å². The van der Waals surface area contributed by atoms with Crippen LogP contribution < -0.4 is 5.32 Å². The molecule has 2 amide bonds. The minimum atomic E-state index is -0.530. The van der Waals surface area contributed by atoms with Crippen molar-refractivity contribution in [1.29, 1.82) is 0 Å². The van der Waals surface area contributed by atoms with Crippen molar-refractivity contribution in [2.24, 2.45) is 0 Å². The first-order valence-electron chi connectivity index (χ1n) is 6.55. The number of hydrogen-bond donors (Lipinski definition) is 3. The number of phenolic OH excluding ortho intramolecular Hbond substituents is 2. The Morgan fingerprint density at radius 1 is 1.33 bits per heavy atom. The highest BCUT2D eigenvalue weighted by molar-refractivity contribution is 6.03. The summed E-state index contributed by atoms with van der Waals surface area (Å²) in [5.41, 5.74) is 0.207. The van der Waals surface area contributed by atoms with Gasteiger partial charge in [-0.1, -0.05) is 6.92 Å². The van der Waals surface area contributed by atoms with Crippen LogP contribution in [-0.4, -0.2) is 51.8 Å². The Balaban J connectivity index is 2.15. The van der Waals surface area contributed by atoms with Gasteiger partial charge < -0.3 is 10.2 Å². The molecule has 0 radical (unpaired) electrons. The van der Waals surface area contributed by atoms with Crippen LogP contribution in [0.5, 0.6) is 11.5 Å². The van der Waals surface area contributed by atoms with E-state index in [4.69, 9.17) is 0 Å². The van der Waals surface area contributed by atoms with Gasteiger partial charge in [0.1, 0.15) is 0 Å². The van der Waals surface area contributed by atoms with Gasteiger partial charge in [-0.25, -0.2) is 0 Å². The van der Waals surface area contributed by atoms with Gasteiger partial charge in [-0.2, -0.15) is 0 Å². The molecule has 0 spiro atoms. The maximum Gasteiger partial charge on any atom is 0.243 e. The van der Waals surface area contributed by atoms with E-state index in [2.05, 4.69) is 5.32 Å². The number of Topliss-reactive ketones (excluding diaryl/α,β-unsaturated/α-hetero) is 1. The number of ketones is 1. The number of amides is 2. The van der Waals surface area contributed by atoms with Gasteiger partial charge in [-0.05, 0) is 24.6 Å². The average Bonchev–Trinajstić information content (AvgIpc) is 2.41. The SMILES string of the molecule is CCC1C(=O)NC(=O)CN1CC(=O)c1ccc(O)c(O)c1. The summed E-state index contributed by atoms with van der Waals surface area (Å²) in [7, 11) is 0. The molecule has 0 saturated carbocycles. The molecule has 1 aliphatic heterocycles. The van der Waals surface area contributed by atoms with Gasteiger partial charge in [0.25, 0.3) is 0 Å². The molecule has 1 unspecified atom stereocenters. The number of nitrogens with one attached hydrogen (secondary N) is 1. The van der Waals surface area contributed by atoms with E-state index < -0.39 is 17.9 Å². The summed E-state index contributed by atoms with van der Waals surface area (Å²) >= 11 is 0. The number of aromatic hydroxyl groups is 2. The molecule has 21 heavy (non-hydrogen) atoms. The Labute approximate surface area is 121 Å². The van der Waals surface area contributed by atoms with Gasteiger partial charge >= 0.3 is 0 Å². The molecule has 112 valence electrons. The maximum absolute atomic E-state index is 12.2. The summed E-state index contributed by atoms with van der Waals surface area (Å²) in [4.78, 5) is 36.8. The maximum atomic E-state index is 12.2. The van der Waals surface area contributed by atoms with Gasteiger partial charge in [0.15, 0.2) is 17.3 Å². The topological polar surface area (TPSA) is 107 Å². The highest BCUT2D eigenvalue weighted by Crippen LogP contribution is 2.25. The largest absolute Gasteiger partial charge is 0.504 e. The van der Waals surface area contributed by atoms with Crippen LogP contribution in [0.25, 0.3) is 0 Å². The van der Waals surface area contributed by atoms with E-state index in [0.29, 0.717) is 6.42 Å². The molecule has 1 fully saturated rings. The molecule has 1 heterocycles. The van der Waals surface area contributed by atoms with Crippen LogP contribution in [0.4, 0.5) is 0 Å². The van der Waals surface area contributed by atoms with Crippen molar-refractivity contribution in [2.45, 2.75) is 19.4 Å². The van der Waals surface area contributed by atoms with E-state index in [0.717, 1.165) is 6.07 Å². The summed E-state index contributed by atoms with van der Waals surface area (Å²) in [5, 5.41) is 20.9. The first kappa shape index (κ1) is 15.0. The van der Waals surface area contributed by atoms with E-state index in [-0.39, 0.29) is 35.9 Å². The van der Waals surface area contributed by atoms with Crippen LogP contribution >= 0.6 is 0 Å². The third-order valence-electron chi connectivity index (χ3n) is 3.38. The Hall–Kier alpha value is -2.41. The van der Waals surface area contributed by atoms with Crippen molar-refractivity contribution in [3.63, 3.8) is 0 Å². The fraction of sp³-hybridized carbons (Fsp3) is 0.357. The molecule has 3 N–H and O–H groups in total. The number of rotatable bonds is 4. The number of hydrogen-bond acceptors (Lipinski definition) is 6. The van der Waals surface area contributed by atoms with Crippen LogP contribution in [0.2, 0.25) is 0 Å². The van der Waals surface area contributed by atoms with Crippen molar-refractivity contribution in [1.82, 2.24) is 10.2 Å². The molecule has 0 aliphatic carbocycles. The van der Waals surface area contributed by atoms with E-state index in [1.54, 1.807) is 6.92 Å². The molecule has 0 bridgehead atoms. The van der Waals surface area contributed by atoms with Gasteiger partial charge in [0.2, 0.25) is 11.8 Å². The third kappa shape index (κ3) is 3.19. The first-order valence-corrected chi connectivity index (χ1v) is 6.55. The standard InChI is InChI=1S/C14H16N2O5/c1-2-9-14(21)15-13(20)7-16(9)6-12(19)8-3-4-10(17)11(18)5-8/h3-5,9,17-18H,2,6-7H2,1H3,(H,15,20,21). The lowest BCUT2D eigenvalue weighted by atomic mass is 10.1. The summed E-state index contributed by atoms with van der Waals surface area (Å²) in [5.74, 6) is -1.89. The molecule has 7 heteroatoms. The van der Waals surface area contributed by atoms with E-state index in [1.807, 2.05) is 0 Å². The third-order valence-corrected chi connectivity index (χ3v) is 3.38. The summed E-state index contributed by atoms with van der Waals surface area (Å²) in [6.07, 6.45) is 0.479. The first-order chi connectivity index (χ1) is 9.92. The zero-order valence-corrected chi connectivity index (χ0v) is 11.5. The lowest BCUT2D eigenvalue weighted by Gasteiger charge is -2.32. The predicted molar refractivity (Wildman–Crippen MR) is 72.9 cm³/mol. The van der Waals surface area contributed by atoms with Crippen molar-refractivity contribution in [3.8, 4) is 11.5 Å². The Bertz CT molecular complexity index is 599. The van der Waals surface area contributed by atoms with Crippen LogP contribution in [-0.2, 0) is 9.59 Å². The van der Waals surface area contributed by atoms with Gasteiger partial charge in [0.05, 0.1) is 19.1 Å². The molecule has 1 aromatic carbocycles. The zero-order chi connectivity index (χ0) is 15.6. The summed E-state index contributed by atoms with van der Waals surface area (Å²) in [6, 6.07) is 3.22. The zero-order valence-electron chi connectivity index (χ0n) is 11.5. The molecule has 1 saturated heterocycles. The molecular formula is C14H16N2O5. The van der Waals surface area contributed by atoms with Gasteiger partial charge in [-0.15, -0.1) is 0 Å². The van der Waals surface area contributed by atoms with Crippen molar-refractivity contribution in [2.75, 3.05) is 13.1 Å². The highest BCUT2D eigenvalue weighted by atomic mass is 16.3. The van der Waals surface area contributed by atoms with E-state index >= 15 is 0 Å². The molecule has 1 aromatic rings. The monoisotopic (exact) mass is 292 g/mol. The van der Waals surface area contributed by atoms with Gasteiger partial charge in [-0.3, -0.25) is 24.6 Å². The average molecular weight is 292 g/mol. The fourth-order valence-electron chi connectivity index (χ4n) is 2.30. The normalized spacial score (nSPS) is 19.4. The fourth-order valence-corrected chi connectivity index (χ4v) is 2.30. The lowest BCUT2D eigenvalue weighted by molar-refractivity contribution is -0.139. The Kier molecular flexibility index (Phi) is 4.23. The minimum Gasteiger partial charge on any atom is -0.504 e. The van der Waals surface area contributed by atoms with Gasteiger partial charge in [0, 0.05) is 5.56 Å². The molecule has 7 nitrogen and oxygen atoms in total. The molecular weight excluding hydrogens is 276 g/mol. The van der Waals surface area contributed by atoms with Crippen LogP contribution in [0.1, 0.15) is 23.7 Å². The van der Waals surface area contributed by atoms with Crippen molar-refractivity contribution < 1.29 is 24.6 Å². The van der Waals surface area contributed by atoms with Crippen LogP contribution in [0.15, 0.2) is 18.2 Å². The second kappa shape index (κ2) is 5.92. The number of carbonyl (C=O) groups excluding carboxylic acids is 3. The molecule has 1 atom stereocenters. The van der Waals surface area contributed by atoms with Crippen molar-refractivity contribution >= 4 is 17.6 Å². The highest BCUT2D eigenvalue weighted by Gasteiger charge is 2.33.